The van der Waals surface area contributed by atoms with E-state index in [9.17, 15) is 4.39 Å². The van der Waals surface area contributed by atoms with Crippen LogP contribution >= 0.6 is 0 Å². The van der Waals surface area contributed by atoms with Gasteiger partial charge in [-0.1, -0.05) is 0 Å². The molecule has 4 aromatic heterocycles. The molecule has 1 aliphatic rings. The van der Waals surface area contributed by atoms with Crippen molar-refractivity contribution in [2.45, 2.75) is 39.8 Å². The van der Waals surface area contributed by atoms with Crippen LogP contribution < -0.4 is 15.0 Å². The minimum absolute atomic E-state index is 0.0561. The summed E-state index contributed by atoms with van der Waals surface area (Å²) in [4.78, 5) is 24.4. The second-order valence-electron chi connectivity index (χ2n) is 9.04. The van der Waals surface area contributed by atoms with E-state index in [-0.39, 0.29) is 23.7 Å². The van der Waals surface area contributed by atoms with Crippen molar-refractivity contribution in [1.29, 1.82) is 0 Å². The van der Waals surface area contributed by atoms with Gasteiger partial charge in [0.25, 0.3) is 0 Å². The summed E-state index contributed by atoms with van der Waals surface area (Å²) in [5, 5.41) is 3.06. The molecule has 1 saturated heterocycles. The molecular weight excluding hydrogens is 463 g/mol. The summed E-state index contributed by atoms with van der Waals surface area (Å²) < 4.78 is 28.0. The van der Waals surface area contributed by atoms with E-state index >= 15 is 0 Å². The summed E-state index contributed by atoms with van der Waals surface area (Å²) in [7, 11) is 1.52. The van der Waals surface area contributed by atoms with Crippen LogP contribution in [0.1, 0.15) is 32.6 Å². The molecule has 10 nitrogen and oxygen atoms in total. The molecule has 1 N–H and O–H groups in total. The SMILES string of the molecule is COc1nc(-c2nc(Nc3ccc(N4CCOCC4C)cn3)ncc2F)cc2c1nc(C)n2C(C)C. The molecule has 0 saturated carbocycles. The first-order valence-corrected chi connectivity index (χ1v) is 11.9. The van der Waals surface area contributed by atoms with Gasteiger partial charge in [-0.2, -0.15) is 0 Å². The lowest BCUT2D eigenvalue weighted by atomic mass is 10.2. The Bertz CT molecular complexity index is 1390. The standard InChI is InChI=1S/C25H29FN8O2/c1-14(2)34-16(4)29-23-20(34)10-19(30-24(23)35-5)22-18(26)12-28-25(32-22)31-21-7-6-17(11-27-21)33-8-9-36-13-15(33)3/h6-7,10-12,14-15H,8-9,13H2,1-5H3,(H,27,28,31,32). The van der Waals surface area contributed by atoms with E-state index in [4.69, 9.17) is 9.47 Å². The average Bonchev–Trinajstić information content (AvgIpc) is 3.21. The third-order valence-corrected chi connectivity index (χ3v) is 6.21. The first kappa shape index (κ1) is 23.9. The number of aromatic nitrogens is 6. The highest BCUT2D eigenvalue weighted by Crippen LogP contribution is 2.32. The lowest BCUT2D eigenvalue weighted by Crippen LogP contribution is -2.43. The number of nitrogens with one attached hydrogen (secondary N) is 1. The molecule has 1 unspecified atom stereocenters. The number of fused-ring (bicyclic) bond motifs is 1. The summed E-state index contributed by atoms with van der Waals surface area (Å²) in [6, 6.07) is 6.04. The van der Waals surface area contributed by atoms with Crippen molar-refractivity contribution < 1.29 is 13.9 Å². The zero-order chi connectivity index (χ0) is 25.4. The summed E-state index contributed by atoms with van der Waals surface area (Å²) in [6.07, 6.45) is 2.92. The molecule has 0 spiro atoms. The molecule has 36 heavy (non-hydrogen) atoms. The number of rotatable bonds is 6. The van der Waals surface area contributed by atoms with Crippen molar-refractivity contribution in [2.75, 3.05) is 37.1 Å². The van der Waals surface area contributed by atoms with Crippen LogP contribution in [0, 0.1) is 12.7 Å². The predicted octanol–water partition coefficient (Wildman–Crippen LogP) is 4.29. The molecule has 1 aliphatic heterocycles. The Morgan fingerprint density at radius 1 is 1.17 bits per heavy atom. The molecule has 11 heteroatoms. The van der Waals surface area contributed by atoms with Gasteiger partial charge < -0.3 is 24.3 Å². The highest BCUT2D eigenvalue weighted by atomic mass is 19.1. The normalized spacial score (nSPS) is 16.1. The van der Waals surface area contributed by atoms with Gasteiger partial charge in [-0.15, -0.1) is 0 Å². The third-order valence-electron chi connectivity index (χ3n) is 6.21. The number of aryl methyl sites for hydroxylation is 1. The minimum Gasteiger partial charge on any atom is -0.479 e. The van der Waals surface area contributed by atoms with E-state index in [1.165, 1.54) is 7.11 Å². The number of ether oxygens (including phenoxy) is 2. The second kappa shape index (κ2) is 9.65. The Balaban J connectivity index is 1.46. The number of methoxy groups -OCH3 is 1. The number of morpholine rings is 1. The molecule has 5 heterocycles. The zero-order valence-electron chi connectivity index (χ0n) is 21.0. The van der Waals surface area contributed by atoms with E-state index in [2.05, 4.69) is 60.5 Å². The van der Waals surface area contributed by atoms with Gasteiger partial charge in [0.05, 0.1) is 49.6 Å². The molecule has 1 fully saturated rings. The molecule has 0 amide bonds. The fourth-order valence-electron chi connectivity index (χ4n) is 4.56. The van der Waals surface area contributed by atoms with Gasteiger partial charge in [-0.3, -0.25) is 0 Å². The van der Waals surface area contributed by atoms with Crippen LogP contribution in [0.4, 0.5) is 21.8 Å². The molecule has 0 aliphatic carbocycles. The maximum Gasteiger partial charge on any atom is 0.242 e. The Kier molecular flexibility index (Phi) is 6.40. The fraction of sp³-hybridized carbons (Fsp3) is 0.400. The van der Waals surface area contributed by atoms with Crippen molar-refractivity contribution in [1.82, 2.24) is 29.5 Å². The summed E-state index contributed by atoms with van der Waals surface area (Å²) in [5.74, 6) is 1.30. The van der Waals surface area contributed by atoms with E-state index in [0.29, 0.717) is 36.1 Å². The maximum atomic E-state index is 14.9. The van der Waals surface area contributed by atoms with Crippen molar-refractivity contribution in [3.05, 3.63) is 42.2 Å². The summed E-state index contributed by atoms with van der Waals surface area (Å²) >= 11 is 0. The van der Waals surface area contributed by atoms with Crippen LogP contribution in [-0.4, -0.2) is 62.4 Å². The van der Waals surface area contributed by atoms with Crippen molar-refractivity contribution in [2.24, 2.45) is 0 Å². The average molecular weight is 493 g/mol. The molecule has 5 rings (SSSR count). The largest absolute Gasteiger partial charge is 0.479 e. The topological polar surface area (TPSA) is 103 Å². The minimum atomic E-state index is -0.591. The number of nitrogens with zero attached hydrogens (tertiary/aromatic N) is 7. The van der Waals surface area contributed by atoms with Crippen LogP contribution in [0.3, 0.4) is 0 Å². The van der Waals surface area contributed by atoms with Crippen molar-refractivity contribution in [3.8, 4) is 17.3 Å². The van der Waals surface area contributed by atoms with Gasteiger partial charge in [-0.05, 0) is 45.9 Å². The fourth-order valence-corrected chi connectivity index (χ4v) is 4.56. The van der Waals surface area contributed by atoms with E-state index in [1.807, 2.05) is 19.1 Å². The molecule has 188 valence electrons. The van der Waals surface area contributed by atoms with E-state index in [0.717, 1.165) is 29.8 Å². The molecule has 0 bridgehead atoms. The Labute approximate surface area is 208 Å². The van der Waals surface area contributed by atoms with Crippen molar-refractivity contribution >= 4 is 28.5 Å². The van der Waals surface area contributed by atoms with Crippen LogP contribution in [0.5, 0.6) is 5.88 Å². The first-order valence-electron chi connectivity index (χ1n) is 11.9. The number of halogens is 1. The Hall–Kier alpha value is -3.86. The molecular formula is C25H29FN8O2. The molecule has 4 aromatic rings. The van der Waals surface area contributed by atoms with Gasteiger partial charge in [0.15, 0.2) is 11.3 Å². The second-order valence-corrected chi connectivity index (χ2v) is 9.04. The number of pyridine rings is 2. The molecule has 1 atom stereocenters. The van der Waals surface area contributed by atoms with Crippen LogP contribution in [-0.2, 0) is 4.74 Å². The monoisotopic (exact) mass is 492 g/mol. The predicted molar refractivity (Wildman–Crippen MR) is 135 cm³/mol. The number of hydrogen-bond acceptors (Lipinski definition) is 9. The highest BCUT2D eigenvalue weighted by molar-refractivity contribution is 5.85. The van der Waals surface area contributed by atoms with Crippen LogP contribution in [0.2, 0.25) is 0 Å². The number of anilines is 3. The van der Waals surface area contributed by atoms with Crippen LogP contribution in [0.25, 0.3) is 22.4 Å². The first-order chi connectivity index (χ1) is 17.4. The lowest BCUT2D eigenvalue weighted by Gasteiger charge is -2.35. The van der Waals surface area contributed by atoms with E-state index < -0.39 is 5.82 Å². The van der Waals surface area contributed by atoms with Gasteiger partial charge in [-0.25, -0.2) is 29.3 Å². The lowest BCUT2D eigenvalue weighted by molar-refractivity contribution is 0.0989. The zero-order valence-corrected chi connectivity index (χ0v) is 21.0. The molecule has 0 radical (unpaired) electrons. The highest BCUT2D eigenvalue weighted by Gasteiger charge is 2.21. The quantitative estimate of drug-likeness (QED) is 0.422. The Morgan fingerprint density at radius 3 is 2.69 bits per heavy atom. The van der Waals surface area contributed by atoms with Gasteiger partial charge in [0.2, 0.25) is 11.8 Å². The van der Waals surface area contributed by atoms with Crippen molar-refractivity contribution in [3.63, 3.8) is 0 Å². The summed E-state index contributed by atoms with van der Waals surface area (Å²) in [5.41, 5.74) is 2.82. The third kappa shape index (κ3) is 4.41. The maximum absolute atomic E-state index is 14.9. The summed E-state index contributed by atoms with van der Waals surface area (Å²) in [6.45, 7) is 10.4. The number of imidazole rings is 1. The van der Waals surface area contributed by atoms with E-state index in [1.54, 1.807) is 12.3 Å². The van der Waals surface area contributed by atoms with Gasteiger partial charge in [0.1, 0.15) is 17.3 Å². The van der Waals surface area contributed by atoms with Gasteiger partial charge in [0, 0.05) is 18.6 Å². The van der Waals surface area contributed by atoms with Gasteiger partial charge >= 0.3 is 0 Å². The van der Waals surface area contributed by atoms with Crippen LogP contribution in [0.15, 0.2) is 30.6 Å². The smallest absolute Gasteiger partial charge is 0.242 e. The Morgan fingerprint density at radius 2 is 2.00 bits per heavy atom. The number of hydrogen-bond donors (Lipinski definition) is 1. The molecule has 0 aromatic carbocycles.